The number of fused-ring (bicyclic) bond motifs is 1. The molecule has 0 aromatic carbocycles. The lowest BCUT2D eigenvalue weighted by Gasteiger charge is -2.08. The van der Waals surface area contributed by atoms with E-state index >= 15 is 0 Å². The van der Waals surface area contributed by atoms with Crippen molar-refractivity contribution in [3.63, 3.8) is 0 Å². The summed E-state index contributed by atoms with van der Waals surface area (Å²) in [5.41, 5.74) is 10.5. The zero-order chi connectivity index (χ0) is 17.8. The molecular weight excluding hydrogens is 314 g/mol. The van der Waals surface area contributed by atoms with E-state index in [1.54, 1.807) is 30.2 Å². The summed E-state index contributed by atoms with van der Waals surface area (Å²) >= 11 is 0. The normalized spacial score (nSPS) is 12.6. The minimum Gasteiger partial charge on any atom is -0.404 e. The lowest BCUT2D eigenvalue weighted by Crippen LogP contribution is -2.07. The van der Waals surface area contributed by atoms with Gasteiger partial charge in [0.1, 0.15) is 5.82 Å². The molecule has 0 aliphatic rings. The van der Waals surface area contributed by atoms with Crippen molar-refractivity contribution in [2.75, 3.05) is 12.4 Å². The Hall–Kier alpha value is -3.22. The fraction of sp³-hybridized carbons (Fsp3) is 0.222. The molecule has 3 heterocycles. The van der Waals surface area contributed by atoms with Crippen molar-refractivity contribution in [2.24, 2.45) is 10.7 Å². The van der Waals surface area contributed by atoms with Crippen LogP contribution in [0, 0.1) is 6.92 Å². The number of aryl methyl sites for hydroxylation is 1. The fourth-order valence-electron chi connectivity index (χ4n) is 2.61. The van der Waals surface area contributed by atoms with Crippen LogP contribution in [0.1, 0.15) is 24.6 Å². The van der Waals surface area contributed by atoms with Gasteiger partial charge in [0.15, 0.2) is 5.82 Å². The Bertz CT molecular complexity index is 936. The van der Waals surface area contributed by atoms with E-state index in [1.807, 2.05) is 31.3 Å². The van der Waals surface area contributed by atoms with E-state index in [1.165, 1.54) is 0 Å². The fourth-order valence-corrected chi connectivity index (χ4v) is 2.61. The molecule has 0 atom stereocenters. The Morgan fingerprint density at radius 3 is 2.76 bits per heavy atom. The summed E-state index contributed by atoms with van der Waals surface area (Å²) in [6, 6.07) is 5.98. The topological polar surface area (TPSA) is 93.5 Å². The Morgan fingerprint density at radius 2 is 2.12 bits per heavy atom. The Balaban J connectivity index is 1.92. The van der Waals surface area contributed by atoms with Gasteiger partial charge in [-0.05, 0) is 37.3 Å². The highest BCUT2D eigenvalue weighted by Gasteiger charge is 2.10. The first-order valence-electron chi connectivity index (χ1n) is 8.08. The van der Waals surface area contributed by atoms with Crippen molar-refractivity contribution in [1.29, 1.82) is 0 Å². The molecule has 3 aromatic heterocycles. The van der Waals surface area contributed by atoms with Gasteiger partial charge in [0, 0.05) is 24.9 Å². The zero-order valence-electron chi connectivity index (χ0n) is 14.6. The number of anilines is 2. The highest BCUT2D eigenvalue weighted by atomic mass is 15.3. The summed E-state index contributed by atoms with van der Waals surface area (Å²) in [7, 11) is 1.78. The maximum absolute atomic E-state index is 5.73. The monoisotopic (exact) mass is 335 g/mol. The second-order valence-corrected chi connectivity index (χ2v) is 5.60. The number of nitrogens with two attached hydrogens (primary N) is 1. The lowest BCUT2D eigenvalue weighted by atomic mass is 10.0. The SMILES string of the molecule is CC/C(=C/N)C(=NC)c1ccn2nc(Nc3cnc(C)cn3)cc2c1. The first kappa shape index (κ1) is 16.6. The van der Waals surface area contributed by atoms with Crippen LogP contribution in [-0.2, 0) is 0 Å². The molecule has 0 saturated heterocycles. The summed E-state index contributed by atoms with van der Waals surface area (Å²) < 4.78 is 1.80. The van der Waals surface area contributed by atoms with Gasteiger partial charge in [-0.1, -0.05) is 6.92 Å². The maximum Gasteiger partial charge on any atom is 0.154 e. The molecule has 0 aliphatic carbocycles. The third-order valence-electron chi connectivity index (χ3n) is 3.88. The van der Waals surface area contributed by atoms with Crippen LogP contribution >= 0.6 is 0 Å². The largest absolute Gasteiger partial charge is 0.404 e. The zero-order valence-corrected chi connectivity index (χ0v) is 14.6. The standard InChI is InChI=1S/C18H21N7/c1-4-13(9-19)18(20-3)14-5-6-25-15(7-14)8-16(24-25)23-17-11-21-12(2)10-22-17/h5-11H,4,19H2,1-3H3,(H,22,23,24)/b13-9-,20-18?. The predicted molar refractivity (Wildman–Crippen MR) is 100 cm³/mol. The van der Waals surface area contributed by atoms with Crippen LogP contribution in [0.5, 0.6) is 0 Å². The van der Waals surface area contributed by atoms with Gasteiger partial charge < -0.3 is 11.1 Å². The number of nitrogens with zero attached hydrogens (tertiary/aromatic N) is 5. The van der Waals surface area contributed by atoms with Gasteiger partial charge in [-0.3, -0.25) is 9.98 Å². The van der Waals surface area contributed by atoms with Crippen molar-refractivity contribution < 1.29 is 0 Å². The predicted octanol–water partition coefficient (Wildman–Crippen LogP) is 2.85. The molecule has 3 rings (SSSR count). The van der Waals surface area contributed by atoms with Gasteiger partial charge in [-0.15, -0.1) is 0 Å². The second-order valence-electron chi connectivity index (χ2n) is 5.60. The molecule has 0 unspecified atom stereocenters. The van der Waals surface area contributed by atoms with Gasteiger partial charge >= 0.3 is 0 Å². The van der Waals surface area contributed by atoms with Crippen LogP contribution in [0.3, 0.4) is 0 Å². The molecule has 0 fully saturated rings. The van der Waals surface area contributed by atoms with Gasteiger partial charge in [0.05, 0.1) is 29.3 Å². The van der Waals surface area contributed by atoms with Crippen molar-refractivity contribution in [3.05, 3.63) is 59.8 Å². The number of hydrogen-bond donors (Lipinski definition) is 2. The van der Waals surface area contributed by atoms with Gasteiger partial charge in [-0.2, -0.15) is 5.10 Å². The van der Waals surface area contributed by atoms with Crippen LogP contribution < -0.4 is 11.1 Å². The van der Waals surface area contributed by atoms with E-state index < -0.39 is 0 Å². The number of pyridine rings is 1. The van der Waals surface area contributed by atoms with Gasteiger partial charge in [0.25, 0.3) is 0 Å². The molecule has 128 valence electrons. The van der Waals surface area contributed by atoms with E-state index in [0.29, 0.717) is 11.6 Å². The molecule has 3 aromatic rings. The van der Waals surface area contributed by atoms with E-state index in [4.69, 9.17) is 5.73 Å². The molecule has 0 radical (unpaired) electrons. The van der Waals surface area contributed by atoms with Gasteiger partial charge in [0.2, 0.25) is 0 Å². The van der Waals surface area contributed by atoms with E-state index in [0.717, 1.165) is 34.5 Å². The van der Waals surface area contributed by atoms with E-state index in [-0.39, 0.29) is 0 Å². The lowest BCUT2D eigenvalue weighted by molar-refractivity contribution is 0.962. The molecule has 25 heavy (non-hydrogen) atoms. The molecule has 0 saturated carbocycles. The number of nitrogens with one attached hydrogen (secondary N) is 1. The molecule has 0 aliphatic heterocycles. The van der Waals surface area contributed by atoms with Gasteiger partial charge in [-0.25, -0.2) is 9.50 Å². The number of aliphatic imine (C=N–C) groups is 1. The summed E-state index contributed by atoms with van der Waals surface area (Å²) in [6.45, 7) is 3.96. The first-order chi connectivity index (χ1) is 12.1. The molecule has 3 N–H and O–H groups in total. The molecular formula is C18H21N7. The van der Waals surface area contributed by atoms with Crippen molar-refractivity contribution in [3.8, 4) is 0 Å². The molecule has 0 amide bonds. The molecule has 0 spiro atoms. The Labute approximate surface area is 146 Å². The third-order valence-corrected chi connectivity index (χ3v) is 3.88. The van der Waals surface area contributed by atoms with Crippen molar-refractivity contribution in [1.82, 2.24) is 19.6 Å². The number of hydrogen-bond acceptors (Lipinski definition) is 6. The third kappa shape index (κ3) is 3.50. The minimum absolute atomic E-state index is 0.657. The average Bonchev–Trinajstić information content (AvgIpc) is 3.03. The highest BCUT2D eigenvalue weighted by Crippen LogP contribution is 2.19. The van der Waals surface area contributed by atoms with Crippen LogP contribution in [0.2, 0.25) is 0 Å². The maximum atomic E-state index is 5.73. The Morgan fingerprint density at radius 1 is 1.28 bits per heavy atom. The quantitative estimate of drug-likeness (QED) is 0.699. The van der Waals surface area contributed by atoms with Crippen LogP contribution in [0.15, 0.2) is 53.6 Å². The van der Waals surface area contributed by atoms with Crippen molar-refractivity contribution in [2.45, 2.75) is 20.3 Å². The van der Waals surface area contributed by atoms with Crippen LogP contribution in [0.25, 0.3) is 5.52 Å². The van der Waals surface area contributed by atoms with Crippen molar-refractivity contribution >= 4 is 22.9 Å². The number of allylic oxidation sites excluding steroid dienone is 1. The highest BCUT2D eigenvalue weighted by molar-refractivity contribution is 6.12. The minimum atomic E-state index is 0.657. The summed E-state index contributed by atoms with van der Waals surface area (Å²) in [4.78, 5) is 12.9. The van der Waals surface area contributed by atoms with E-state index in [2.05, 4.69) is 32.3 Å². The smallest absolute Gasteiger partial charge is 0.154 e. The number of aromatic nitrogens is 4. The van der Waals surface area contributed by atoms with E-state index in [9.17, 15) is 0 Å². The molecule has 7 heteroatoms. The summed E-state index contributed by atoms with van der Waals surface area (Å²) in [6.07, 6.45) is 7.75. The van der Waals surface area contributed by atoms with Crippen LogP contribution in [-0.4, -0.2) is 32.3 Å². The summed E-state index contributed by atoms with van der Waals surface area (Å²) in [5, 5.41) is 7.66. The second kappa shape index (κ2) is 7.12. The number of rotatable bonds is 5. The van der Waals surface area contributed by atoms with Crippen LogP contribution in [0.4, 0.5) is 11.6 Å². The Kier molecular flexibility index (Phi) is 4.74. The molecule has 7 nitrogen and oxygen atoms in total. The molecule has 0 bridgehead atoms. The first-order valence-corrected chi connectivity index (χ1v) is 8.08. The summed E-state index contributed by atoms with van der Waals surface area (Å²) in [5.74, 6) is 1.36. The average molecular weight is 335 g/mol.